The molecule has 0 radical (unpaired) electrons. The zero-order valence-corrected chi connectivity index (χ0v) is 25.3. The van der Waals surface area contributed by atoms with Crippen LogP contribution in [-0.4, -0.2) is 55.2 Å². The number of likely N-dealkylation sites (tertiary alicyclic amines) is 1. The Hall–Kier alpha value is -4.96. The zero-order valence-electron chi connectivity index (χ0n) is 25.3. The van der Waals surface area contributed by atoms with E-state index < -0.39 is 23.0 Å². The van der Waals surface area contributed by atoms with Gasteiger partial charge >= 0.3 is 0 Å². The lowest BCUT2D eigenvalue weighted by atomic mass is 9.98. The molecule has 0 unspecified atom stereocenters. The van der Waals surface area contributed by atoms with Crippen LogP contribution in [-0.2, 0) is 4.79 Å². The molecule has 0 bridgehead atoms. The van der Waals surface area contributed by atoms with Gasteiger partial charge in [0.2, 0.25) is 5.82 Å². The molecule has 1 amide bonds. The number of amides is 1. The fourth-order valence-corrected chi connectivity index (χ4v) is 5.68. The number of nitrogen functional groups attached to an aromatic ring is 1. The molecule has 2 aromatic heterocycles. The lowest BCUT2D eigenvalue weighted by Gasteiger charge is -2.33. The van der Waals surface area contributed by atoms with E-state index in [-0.39, 0.29) is 58.7 Å². The van der Waals surface area contributed by atoms with Crippen LogP contribution in [0.1, 0.15) is 46.6 Å². The highest BCUT2D eigenvalue weighted by molar-refractivity contribution is 5.99. The van der Waals surface area contributed by atoms with Crippen molar-refractivity contribution in [2.75, 3.05) is 18.8 Å². The van der Waals surface area contributed by atoms with Crippen molar-refractivity contribution in [1.82, 2.24) is 30.0 Å². The summed E-state index contributed by atoms with van der Waals surface area (Å²) in [4.78, 5) is 23.6. The fourth-order valence-electron chi connectivity index (χ4n) is 5.68. The maximum absolute atomic E-state index is 15.6. The second-order valence-corrected chi connectivity index (χ2v) is 11.8. The van der Waals surface area contributed by atoms with E-state index in [0.717, 1.165) is 12.1 Å². The monoisotopic (exact) mass is 618 g/mol. The van der Waals surface area contributed by atoms with Crippen molar-refractivity contribution >= 4 is 22.8 Å². The van der Waals surface area contributed by atoms with Gasteiger partial charge in [-0.1, -0.05) is 19.9 Å². The number of halogens is 3. The highest BCUT2D eigenvalue weighted by Crippen LogP contribution is 2.37. The van der Waals surface area contributed by atoms with Crippen molar-refractivity contribution in [2.24, 2.45) is 0 Å². The number of rotatable bonds is 8. The van der Waals surface area contributed by atoms with Crippen LogP contribution >= 0.6 is 0 Å². The van der Waals surface area contributed by atoms with E-state index in [4.69, 9.17) is 15.6 Å². The Balaban J connectivity index is 1.46. The van der Waals surface area contributed by atoms with Crippen molar-refractivity contribution in [3.8, 4) is 28.8 Å². The van der Waals surface area contributed by atoms with Crippen molar-refractivity contribution in [3.63, 3.8) is 0 Å². The summed E-state index contributed by atoms with van der Waals surface area (Å²) < 4.78 is 50.3. The first kappa shape index (κ1) is 31.5. The molecule has 3 heterocycles. The summed E-state index contributed by atoms with van der Waals surface area (Å²) in [6, 6.07) is 9.15. The maximum atomic E-state index is 15.6. The van der Waals surface area contributed by atoms with Gasteiger partial charge in [0.15, 0.2) is 17.2 Å². The van der Waals surface area contributed by atoms with Crippen molar-refractivity contribution in [3.05, 3.63) is 71.8 Å². The van der Waals surface area contributed by atoms with Crippen molar-refractivity contribution in [2.45, 2.75) is 58.2 Å². The van der Waals surface area contributed by atoms with Gasteiger partial charge in [-0.25, -0.2) is 23.4 Å². The largest absolute Gasteiger partial charge is 0.454 e. The summed E-state index contributed by atoms with van der Waals surface area (Å²) in [5.74, 6) is -3.77. The number of anilines is 1. The first-order valence-corrected chi connectivity index (χ1v) is 14.5. The number of piperidine rings is 1. The van der Waals surface area contributed by atoms with E-state index in [1.807, 2.05) is 27.7 Å². The topological polar surface area (TPSA) is 135 Å². The second-order valence-electron chi connectivity index (χ2n) is 11.8. The number of carbonyl (C=O) groups excluding carboxylic acids is 1. The second kappa shape index (κ2) is 12.6. The average Bonchev–Trinajstić information content (AvgIpc) is 3.38. The van der Waals surface area contributed by atoms with Crippen LogP contribution in [0.15, 0.2) is 54.4 Å². The number of nitrogens with one attached hydrogen (secondary N) is 1. The fraction of sp³-hybridized carbons (Fsp3) is 0.344. The molecule has 1 aliphatic rings. The van der Waals surface area contributed by atoms with Gasteiger partial charge in [0.25, 0.3) is 5.91 Å². The SMILES string of the molecule is CC(C)NC(C)(C)C=C(C#N)C(=O)N1CCC[C@@H](n2nc(-c3ccc(Oc4cccc(F)c4F)cc3F)c3c(N)ncnc32)C1. The Morgan fingerprint density at radius 2 is 1.98 bits per heavy atom. The minimum atomic E-state index is -1.19. The number of aromatic nitrogens is 4. The summed E-state index contributed by atoms with van der Waals surface area (Å²) in [7, 11) is 0. The molecule has 0 saturated carbocycles. The predicted molar refractivity (Wildman–Crippen MR) is 162 cm³/mol. The van der Waals surface area contributed by atoms with E-state index in [0.29, 0.717) is 30.4 Å². The van der Waals surface area contributed by atoms with Crippen LogP contribution in [0, 0.1) is 28.8 Å². The van der Waals surface area contributed by atoms with Gasteiger partial charge in [0.1, 0.15) is 41.0 Å². The number of fused-ring (bicyclic) bond motifs is 1. The number of ether oxygens (including phenoxy) is 1. The minimum absolute atomic E-state index is 0.0360. The predicted octanol–water partition coefficient (Wildman–Crippen LogP) is 5.68. The number of benzene rings is 2. The third-order valence-electron chi connectivity index (χ3n) is 7.40. The van der Waals surface area contributed by atoms with Gasteiger partial charge in [-0.05, 0) is 57.0 Å². The molecule has 234 valence electrons. The summed E-state index contributed by atoms with van der Waals surface area (Å²) in [5, 5.41) is 18.2. The number of nitriles is 1. The Kier molecular flexibility index (Phi) is 8.79. The molecule has 13 heteroatoms. The standard InChI is InChI=1S/C32H33F3N8O2/c1-18(2)40-32(3,4)14-19(15-36)31(44)42-12-6-7-20(16-42)43-30-26(29(37)38-17-39-30)28(41-43)22-11-10-21(13-24(22)34)45-25-9-5-8-23(33)27(25)35/h5,8-11,13-14,17-18,20,40H,6-7,12,16H2,1-4H3,(H2,37,38,39)/t20-/m1/s1. The summed E-state index contributed by atoms with van der Waals surface area (Å²) >= 11 is 0. The van der Waals surface area contributed by atoms with Crippen LogP contribution in [0.25, 0.3) is 22.3 Å². The smallest absolute Gasteiger partial charge is 0.264 e. The van der Waals surface area contributed by atoms with Gasteiger partial charge in [0, 0.05) is 36.3 Å². The van der Waals surface area contributed by atoms with Crippen LogP contribution < -0.4 is 15.8 Å². The zero-order chi connectivity index (χ0) is 32.5. The Morgan fingerprint density at radius 1 is 1.20 bits per heavy atom. The van der Waals surface area contributed by atoms with Crippen LogP contribution in [0.5, 0.6) is 11.5 Å². The first-order chi connectivity index (χ1) is 21.4. The van der Waals surface area contributed by atoms with E-state index in [1.165, 1.54) is 30.6 Å². The lowest BCUT2D eigenvalue weighted by Crippen LogP contribution is -2.44. The Bertz CT molecular complexity index is 1830. The van der Waals surface area contributed by atoms with E-state index in [9.17, 15) is 18.8 Å². The molecule has 2 aromatic carbocycles. The highest BCUT2D eigenvalue weighted by Gasteiger charge is 2.31. The molecule has 10 nitrogen and oxygen atoms in total. The van der Waals surface area contributed by atoms with Gasteiger partial charge in [-0.3, -0.25) is 4.79 Å². The number of carbonyl (C=O) groups is 1. The quantitative estimate of drug-likeness (QED) is 0.190. The molecule has 0 spiro atoms. The Morgan fingerprint density at radius 3 is 2.69 bits per heavy atom. The molecule has 1 aliphatic heterocycles. The van der Waals surface area contributed by atoms with E-state index in [2.05, 4.69) is 21.4 Å². The van der Waals surface area contributed by atoms with Gasteiger partial charge < -0.3 is 20.7 Å². The van der Waals surface area contributed by atoms with Crippen molar-refractivity contribution in [1.29, 1.82) is 5.26 Å². The highest BCUT2D eigenvalue weighted by atomic mass is 19.2. The van der Waals surface area contributed by atoms with Crippen LogP contribution in [0.2, 0.25) is 0 Å². The van der Waals surface area contributed by atoms with Crippen LogP contribution in [0.4, 0.5) is 19.0 Å². The molecule has 1 saturated heterocycles. The summed E-state index contributed by atoms with van der Waals surface area (Å²) in [6.45, 7) is 8.47. The van der Waals surface area contributed by atoms with E-state index >= 15 is 4.39 Å². The molecule has 4 aromatic rings. The molecular formula is C32H33F3N8O2. The number of nitrogens with zero attached hydrogens (tertiary/aromatic N) is 6. The Labute approximate surface area is 258 Å². The van der Waals surface area contributed by atoms with Gasteiger partial charge in [-0.15, -0.1) is 0 Å². The molecule has 5 rings (SSSR count). The van der Waals surface area contributed by atoms with Crippen LogP contribution in [0.3, 0.4) is 0 Å². The van der Waals surface area contributed by atoms with Gasteiger partial charge in [-0.2, -0.15) is 14.8 Å². The molecule has 45 heavy (non-hydrogen) atoms. The number of nitrogens with two attached hydrogens (primary N) is 1. The molecule has 1 fully saturated rings. The third kappa shape index (κ3) is 6.61. The molecular weight excluding hydrogens is 585 g/mol. The molecule has 1 atom stereocenters. The normalized spacial score (nSPS) is 15.8. The number of hydrogen-bond acceptors (Lipinski definition) is 8. The lowest BCUT2D eigenvalue weighted by molar-refractivity contribution is -0.128. The summed E-state index contributed by atoms with van der Waals surface area (Å²) in [5.41, 5.74) is 6.28. The molecule has 3 N–H and O–H groups in total. The van der Waals surface area contributed by atoms with Gasteiger partial charge in [0.05, 0.1) is 11.4 Å². The summed E-state index contributed by atoms with van der Waals surface area (Å²) in [6.07, 6.45) is 4.21. The average molecular weight is 619 g/mol. The van der Waals surface area contributed by atoms with Crippen molar-refractivity contribution < 1.29 is 22.7 Å². The number of hydrogen-bond donors (Lipinski definition) is 2. The first-order valence-electron chi connectivity index (χ1n) is 14.5. The maximum Gasteiger partial charge on any atom is 0.264 e. The minimum Gasteiger partial charge on any atom is -0.454 e. The van der Waals surface area contributed by atoms with E-state index in [1.54, 1.807) is 15.7 Å². The molecule has 0 aliphatic carbocycles. The third-order valence-corrected chi connectivity index (χ3v) is 7.40.